The van der Waals surface area contributed by atoms with Crippen LogP contribution in [-0.4, -0.2) is 45.7 Å². The summed E-state index contributed by atoms with van der Waals surface area (Å²) in [7, 11) is -3.87. The number of carbonyl (C=O) groups excluding carboxylic acids is 1. The summed E-state index contributed by atoms with van der Waals surface area (Å²) in [5.74, 6) is -0.0436. The van der Waals surface area contributed by atoms with Gasteiger partial charge in [-0.2, -0.15) is 9.40 Å². The van der Waals surface area contributed by atoms with Crippen LogP contribution < -0.4 is 4.74 Å². The first-order valence-corrected chi connectivity index (χ1v) is 13.5. The molecule has 0 amide bonds. The van der Waals surface area contributed by atoms with Crippen LogP contribution in [0.15, 0.2) is 96.4 Å². The van der Waals surface area contributed by atoms with Crippen molar-refractivity contribution in [1.82, 2.24) is 19.1 Å². The van der Waals surface area contributed by atoms with Crippen LogP contribution in [0.25, 0.3) is 5.69 Å². The van der Waals surface area contributed by atoms with Gasteiger partial charge in [-0.05, 0) is 74.4 Å². The maximum absolute atomic E-state index is 13.6. The molecular formula is C28H30N4O5S. The molecule has 10 heteroatoms. The summed E-state index contributed by atoms with van der Waals surface area (Å²) >= 11 is 0. The van der Waals surface area contributed by atoms with E-state index in [-0.39, 0.29) is 24.6 Å². The van der Waals surface area contributed by atoms with Crippen molar-refractivity contribution in [3.05, 3.63) is 103 Å². The van der Waals surface area contributed by atoms with Crippen molar-refractivity contribution in [2.75, 3.05) is 6.61 Å². The van der Waals surface area contributed by atoms with Gasteiger partial charge in [0.05, 0.1) is 5.69 Å². The van der Waals surface area contributed by atoms with Gasteiger partial charge in [-0.15, -0.1) is 0 Å². The van der Waals surface area contributed by atoms with Gasteiger partial charge in [-0.1, -0.05) is 24.3 Å². The van der Waals surface area contributed by atoms with E-state index in [2.05, 4.69) is 10.1 Å². The minimum atomic E-state index is -3.87. The molecule has 4 aromatic rings. The van der Waals surface area contributed by atoms with Crippen molar-refractivity contribution >= 4 is 16.0 Å². The monoisotopic (exact) mass is 534 g/mol. The lowest BCUT2D eigenvalue weighted by Gasteiger charge is -2.23. The van der Waals surface area contributed by atoms with Crippen LogP contribution in [0.1, 0.15) is 31.9 Å². The molecule has 0 radical (unpaired) electrons. The number of sulfonamides is 1. The van der Waals surface area contributed by atoms with Crippen molar-refractivity contribution in [2.45, 2.75) is 44.4 Å². The summed E-state index contributed by atoms with van der Waals surface area (Å²) in [6.45, 7) is 5.33. The molecule has 0 saturated heterocycles. The smallest absolute Gasteiger partial charge is 0.344 e. The van der Waals surface area contributed by atoms with E-state index in [1.54, 1.807) is 55.9 Å². The molecule has 2 aromatic carbocycles. The van der Waals surface area contributed by atoms with Crippen LogP contribution >= 0.6 is 0 Å². The minimum Gasteiger partial charge on any atom is -0.482 e. The summed E-state index contributed by atoms with van der Waals surface area (Å²) in [6, 6.07) is 19.5. The molecule has 0 atom stereocenters. The molecule has 38 heavy (non-hydrogen) atoms. The van der Waals surface area contributed by atoms with E-state index < -0.39 is 21.6 Å². The van der Waals surface area contributed by atoms with Gasteiger partial charge in [0.1, 0.15) is 16.2 Å². The molecule has 0 aliphatic carbocycles. The zero-order valence-corrected chi connectivity index (χ0v) is 22.3. The second-order valence-electron chi connectivity index (χ2n) is 9.60. The molecule has 0 fully saturated rings. The minimum absolute atomic E-state index is 0.0851. The van der Waals surface area contributed by atoms with E-state index in [0.29, 0.717) is 11.3 Å². The predicted molar refractivity (Wildman–Crippen MR) is 142 cm³/mol. The number of aromatic nitrogens is 3. The number of rotatable bonds is 10. The second kappa shape index (κ2) is 11.6. The lowest BCUT2D eigenvalue weighted by atomic mass is 10.2. The topological polar surface area (TPSA) is 104 Å². The Hall–Kier alpha value is -4.02. The Morgan fingerprint density at radius 2 is 1.71 bits per heavy atom. The fourth-order valence-electron chi connectivity index (χ4n) is 3.70. The van der Waals surface area contributed by atoms with E-state index in [1.807, 2.05) is 42.6 Å². The Balaban J connectivity index is 1.55. The summed E-state index contributed by atoms with van der Waals surface area (Å²) in [5.41, 5.74) is 1.77. The fraction of sp³-hybridized carbons (Fsp3) is 0.250. The number of ether oxygens (including phenoxy) is 2. The van der Waals surface area contributed by atoms with Gasteiger partial charge in [-0.3, -0.25) is 4.98 Å². The molecule has 0 unspecified atom stereocenters. The lowest BCUT2D eigenvalue weighted by molar-refractivity contribution is -0.157. The molecule has 0 saturated carbocycles. The van der Waals surface area contributed by atoms with Crippen molar-refractivity contribution in [3.63, 3.8) is 0 Å². The van der Waals surface area contributed by atoms with E-state index in [9.17, 15) is 13.2 Å². The van der Waals surface area contributed by atoms with E-state index in [1.165, 1.54) is 22.8 Å². The SMILES string of the molecule is CC(C)(C)OC(=O)COc1cccc(CN(Cc2ccc(-n3cccn3)cc2)S(=O)(=O)c2cccnc2)c1. The van der Waals surface area contributed by atoms with E-state index in [4.69, 9.17) is 9.47 Å². The predicted octanol–water partition coefficient (Wildman–Crippen LogP) is 4.38. The molecule has 0 aliphatic heterocycles. The quantitative estimate of drug-likeness (QED) is 0.278. The first kappa shape index (κ1) is 27.0. The van der Waals surface area contributed by atoms with Crippen molar-refractivity contribution in [3.8, 4) is 11.4 Å². The Morgan fingerprint density at radius 1 is 0.947 bits per heavy atom. The Bertz CT molecular complexity index is 1450. The molecule has 2 aromatic heterocycles. The molecule has 198 valence electrons. The molecule has 9 nitrogen and oxygen atoms in total. The number of pyridine rings is 1. The van der Waals surface area contributed by atoms with Crippen molar-refractivity contribution in [1.29, 1.82) is 0 Å². The molecule has 4 rings (SSSR count). The zero-order chi connectivity index (χ0) is 27.2. The highest BCUT2D eigenvalue weighted by Gasteiger charge is 2.25. The third-order valence-corrected chi connectivity index (χ3v) is 7.15. The van der Waals surface area contributed by atoms with Gasteiger partial charge in [0, 0.05) is 37.9 Å². The third kappa shape index (κ3) is 7.27. The van der Waals surface area contributed by atoms with Crippen LogP contribution in [0.5, 0.6) is 5.75 Å². The van der Waals surface area contributed by atoms with Gasteiger partial charge in [0.25, 0.3) is 0 Å². The Labute approximate surface area is 222 Å². The third-order valence-electron chi connectivity index (χ3n) is 5.37. The summed E-state index contributed by atoms with van der Waals surface area (Å²) in [6.07, 6.45) is 6.40. The number of hydrogen-bond donors (Lipinski definition) is 0. The lowest BCUT2D eigenvalue weighted by Crippen LogP contribution is -2.30. The molecule has 0 spiro atoms. The fourth-order valence-corrected chi connectivity index (χ4v) is 5.09. The number of hydrogen-bond acceptors (Lipinski definition) is 7. The number of nitrogens with zero attached hydrogens (tertiary/aromatic N) is 4. The van der Waals surface area contributed by atoms with Gasteiger partial charge in [0.15, 0.2) is 6.61 Å². The highest BCUT2D eigenvalue weighted by molar-refractivity contribution is 7.89. The van der Waals surface area contributed by atoms with Crippen LogP contribution in [-0.2, 0) is 32.6 Å². The molecule has 0 N–H and O–H groups in total. The number of esters is 1. The van der Waals surface area contributed by atoms with Crippen LogP contribution in [0, 0.1) is 0 Å². The molecule has 0 aliphatic rings. The zero-order valence-electron chi connectivity index (χ0n) is 21.5. The molecule has 2 heterocycles. The summed E-state index contributed by atoms with van der Waals surface area (Å²) in [4.78, 5) is 16.1. The van der Waals surface area contributed by atoms with Gasteiger partial charge in [0.2, 0.25) is 10.0 Å². The maximum atomic E-state index is 13.6. The van der Waals surface area contributed by atoms with E-state index >= 15 is 0 Å². The standard InChI is InChI=1S/C28H30N4O5S/c1-28(2,3)37-27(33)21-36-25-8-4-7-23(17-25)20-31(38(34,35)26-9-5-14-29-18-26)19-22-10-12-24(13-11-22)32-16-6-15-30-32/h4-18H,19-21H2,1-3H3. The summed E-state index contributed by atoms with van der Waals surface area (Å²) in [5, 5.41) is 4.23. The highest BCUT2D eigenvalue weighted by atomic mass is 32.2. The van der Waals surface area contributed by atoms with Crippen LogP contribution in [0.4, 0.5) is 0 Å². The number of benzene rings is 2. The van der Waals surface area contributed by atoms with Crippen LogP contribution in [0.2, 0.25) is 0 Å². The van der Waals surface area contributed by atoms with E-state index in [0.717, 1.165) is 11.3 Å². The number of carbonyl (C=O) groups is 1. The van der Waals surface area contributed by atoms with Gasteiger partial charge < -0.3 is 9.47 Å². The largest absolute Gasteiger partial charge is 0.482 e. The summed E-state index contributed by atoms with van der Waals surface area (Å²) < 4.78 is 41.2. The average Bonchev–Trinajstić information content (AvgIpc) is 3.42. The Morgan fingerprint density at radius 3 is 2.37 bits per heavy atom. The average molecular weight is 535 g/mol. The van der Waals surface area contributed by atoms with Crippen LogP contribution in [0.3, 0.4) is 0 Å². The normalized spacial score (nSPS) is 11.9. The van der Waals surface area contributed by atoms with Gasteiger partial charge in [-0.25, -0.2) is 17.9 Å². The van der Waals surface area contributed by atoms with Crippen molar-refractivity contribution < 1.29 is 22.7 Å². The first-order valence-electron chi connectivity index (χ1n) is 12.0. The Kier molecular flexibility index (Phi) is 8.23. The maximum Gasteiger partial charge on any atom is 0.344 e. The molecule has 0 bridgehead atoms. The highest BCUT2D eigenvalue weighted by Crippen LogP contribution is 2.23. The van der Waals surface area contributed by atoms with Crippen molar-refractivity contribution in [2.24, 2.45) is 0 Å². The van der Waals surface area contributed by atoms with Gasteiger partial charge >= 0.3 is 5.97 Å². The molecular weight excluding hydrogens is 504 g/mol. The second-order valence-corrected chi connectivity index (χ2v) is 11.5. The first-order chi connectivity index (χ1) is 18.1.